The number of ether oxygens (including phenoxy) is 1. The van der Waals surface area contributed by atoms with Gasteiger partial charge in [0.25, 0.3) is 5.89 Å². The lowest BCUT2D eigenvalue weighted by molar-refractivity contribution is 0.172. The van der Waals surface area contributed by atoms with Gasteiger partial charge in [-0.15, -0.1) is 12.4 Å². The minimum Gasteiger partial charge on any atom is -0.497 e. The second kappa shape index (κ2) is 7.25. The second-order valence-corrected chi connectivity index (χ2v) is 5.89. The van der Waals surface area contributed by atoms with Crippen molar-refractivity contribution in [1.82, 2.24) is 25.2 Å². The van der Waals surface area contributed by atoms with Crippen molar-refractivity contribution in [1.29, 1.82) is 0 Å². The third-order valence-corrected chi connectivity index (χ3v) is 4.53. The van der Waals surface area contributed by atoms with E-state index >= 15 is 0 Å². The standard InChI is InChI=1S/C17H19N5O2.ClH/c1-23-14-5-2-4-13(12-14)15-20-16(24-21-15)17(6-9-18-10-7-17)22-11-3-8-19-22;/h2-5,8,11-12,18H,6-7,9-10H2,1H3;1H. The monoisotopic (exact) mass is 361 g/mol. The zero-order valence-electron chi connectivity index (χ0n) is 13.9. The van der Waals surface area contributed by atoms with Crippen LogP contribution < -0.4 is 10.1 Å². The Balaban J connectivity index is 0.00000182. The van der Waals surface area contributed by atoms with Crippen LogP contribution in [0.15, 0.2) is 47.2 Å². The summed E-state index contributed by atoms with van der Waals surface area (Å²) < 4.78 is 12.9. The van der Waals surface area contributed by atoms with E-state index in [9.17, 15) is 0 Å². The maximum atomic E-state index is 5.67. The summed E-state index contributed by atoms with van der Waals surface area (Å²) in [4.78, 5) is 4.69. The van der Waals surface area contributed by atoms with Gasteiger partial charge in [0.2, 0.25) is 5.82 Å². The van der Waals surface area contributed by atoms with E-state index in [0.29, 0.717) is 11.7 Å². The third-order valence-electron chi connectivity index (χ3n) is 4.53. The maximum absolute atomic E-state index is 5.67. The molecule has 1 N–H and O–H groups in total. The molecule has 1 fully saturated rings. The van der Waals surface area contributed by atoms with Crippen molar-refractivity contribution in [2.24, 2.45) is 0 Å². The summed E-state index contributed by atoms with van der Waals surface area (Å²) in [6.07, 6.45) is 5.45. The van der Waals surface area contributed by atoms with Crippen molar-refractivity contribution in [2.75, 3.05) is 20.2 Å². The molecule has 2 aromatic heterocycles. The first kappa shape index (κ1) is 17.4. The summed E-state index contributed by atoms with van der Waals surface area (Å²) in [6, 6.07) is 9.57. The number of nitrogens with one attached hydrogen (secondary N) is 1. The van der Waals surface area contributed by atoms with Gasteiger partial charge in [-0.05, 0) is 44.1 Å². The number of rotatable bonds is 4. The summed E-state index contributed by atoms with van der Waals surface area (Å²) in [7, 11) is 1.64. The van der Waals surface area contributed by atoms with Crippen molar-refractivity contribution < 1.29 is 9.26 Å². The highest BCUT2D eigenvalue weighted by atomic mass is 35.5. The fourth-order valence-electron chi connectivity index (χ4n) is 3.20. The molecule has 7 nitrogen and oxygen atoms in total. The molecular formula is C17H20ClN5O2. The number of nitrogens with zero attached hydrogens (tertiary/aromatic N) is 4. The van der Waals surface area contributed by atoms with E-state index < -0.39 is 5.54 Å². The average Bonchev–Trinajstić information content (AvgIpc) is 3.35. The number of hydrogen-bond donors (Lipinski definition) is 1. The molecule has 132 valence electrons. The minimum absolute atomic E-state index is 0. The predicted octanol–water partition coefficient (Wildman–Crippen LogP) is 2.49. The topological polar surface area (TPSA) is 78.0 Å². The number of benzene rings is 1. The van der Waals surface area contributed by atoms with Crippen LogP contribution in [0.2, 0.25) is 0 Å². The Morgan fingerprint density at radius 1 is 1.24 bits per heavy atom. The fourth-order valence-corrected chi connectivity index (χ4v) is 3.20. The van der Waals surface area contributed by atoms with E-state index in [1.54, 1.807) is 13.3 Å². The zero-order valence-corrected chi connectivity index (χ0v) is 14.7. The highest BCUT2D eigenvalue weighted by Gasteiger charge is 2.41. The molecule has 0 atom stereocenters. The SMILES string of the molecule is COc1cccc(-c2noc(C3(n4cccn4)CCNCC3)n2)c1.Cl. The van der Waals surface area contributed by atoms with Gasteiger partial charge in [0, 0.05) is 18.0 Å². The van der Waals surface area contributed by atoms with Gasteiger partial charge in [-0.3, -0.25) is 4.68 Å². The number of piperidine rings is 1. The van der Waals surface area contributed by atoms with Gasteiger partial charge < -0.3 is 14.6 Å². The highest BCUT2D eigenvalue weighted by Crippen LogP contribution is 2.34. The number of aromatic nitrogens is 4. The first-order chi connectivity index (χ1) is 11.8. The van der Waals surface area contributed by atoms with Gasteiger partial charge in [0.05, 0.1) is 7.11 Å². The van der Waals surface area contributed by atoms with Crippen LogP contribution in [0, 0.1) is 0 Å². The summed E-state index contributed by atoms with van der Waals surface area (Å²) >= 11 is 0. The van der Waals surface area contributed by atoms with Crippen LogP contribution >= 0.6 is 12.4 Å². The molecule has 1 aliphatic heterocycles. The Morgan fingerprint density at radius 3 is 2.80 bits per heavy atom. The van der Waals surface area contributed by atoms with Crippen molar-refractivity contribution in [3.63, 3.8) is 0 Å². The summed E-state index contributed by atoms with van der Waals surface area (Å²) in [5.41, 5.74) is 0.479. The Bertz CT molecular complexity index is 812. The normalized spacial score (nSPS) is 16.2. The lowest BCUT2D eigenvalue weighted by Gasteiger charge is -2.34. The molecule has 0 spiro atoms. The Kier molecular flexibility index (Phi) is 5.06. The third kappa shape index (κ3) is 3.12. The van der Waals surface area contributed by atoms with Crippen LogP contribution in [0.5, 0.6) is 5.75 Å². The minimum atomic E-state index is -0.390. The molecule has 0 aliphatic carbocycles. The summed E-state index contributed by atoms with van der Waals surface area (Å²) in [6.45, 7) is 1.77. The lowest BCUT2D eigenvalue weighted by Crippen LogP contribution is -2.45. The molecule has 1 aromatic carbocycles. The van der Waals surface area contributed by atoms with Gasteiger partial charge in [-0.25, -0.2) is 0 Å². The number of methoxy groups -OCH3 is 1. The summed E-state index contributed by atoms with van der Waals surface area (Å²) in [5, 5.41) is 12.0. The smallest absolute Gasteiger partial charge is 0.255 e. The maximum Gasteiger partial charge on any atom is 0.255 e. The van der Waals surface area contributed by atoms with Crippen LogP contribution in [0.4, 0.5) is 0 Å². The zero-order chi connectivity index (χ0) is 16.4. The van der Waals surface area contributed by atoms with E-state index in [1.807, 2.05) is 41.2 Å². The Morgan fingerprint density at radius 2 is 2.08 bits per heavy atom. The van der Waals surface area contributed by atoms with Crippen LogP contribution in [0.3, 0.4) is 0 Å². The van der Waals surface area contributed by atoms with Gasteiger partial charge in [-0.2, -0.15) is 10.1 Å². The van der Waals surface area contributed by atoms with E-state index in [4.69, 9.17) is 9.26 Å². The largest absolute Gasteiger partial charge is 0.497 e. The Labute approximate surface area is 151 Å². The molecule has 0 unspecified atom stereocenters. The highest BCUT2D eigenvalue weighted by molar-refractivity contribution is 5.85. The molecule has 0 bridgehead atoms. The fraction of sp³-hybridized carbons (Fsp3) is 0.353. The molecule has 0 radical (unpaired) electrons. The molecule has 25 heavy (non-hydrogen) atoms. The quantitative estimate of drug-likeness (QED) is 0.769. The molecule has 1 saturated heterocycles. The predicted molar refractivity (Wildman–Crippen MR) is 94.9 cm³/mol. The molecule has 1 aliphatic rings. The van der Waals surface area contributed by atoms with E-state index in [1.165, 1.54) is 0 Å². The van der Waals surface area contributed by atoms with Gasteiger partial charge in [0.15, 0.2) is 0 Å². The van der Waals surface area contributed by atoms with Crippen molar-refractivity contribution in [3.8, 4) is 17.1 Å². The molecule has 0 amide bonds. The second-order valence-electron chi connectivity index (χ2n) is 5.89. The number of hydrogen-bond acceptors (Lipinski definition) is 6. The molecule has 0 saturated carbocycles. The van der Waals surface area contributed by atoms with Crippen molar-refractivity contribution >= 4 is 12.4 Å². The first-order valence-electron chi connectivity index (χ1n) is 8.01. The lowest BCUT2D eigenvalue weighted by atomic mass is 9.88. The van der Waals surface area contributed by atoms with Crippen molar-refractivity contribution in [2.45, 2.75) is 18.4 Å². The van der Waals surface area contributed by atoms with E-state index in [2.05, 4.69) is 20.6 Å². The van der Waals surface area contributed by atoms with Gasteiger partial charge in [0.1, 0.15) is 11.3 Å². The molecule has 8 heteroatoms. The molecule has 4 rings (SSSR count). The van der Waals surface area contributed by atoms with Crippen LogP contribution in [-0.2, 0) is 5.54 Å². The van der Waals surface area contributed by atoms with E-state index in [-0.39, 0.29) is 12.4 Å². The van der Waals surface area contributed by atoms with Crippen LogP contribution in [0.25, 0.3) is 11.4 Å². The first-order valence-corrected chi connectivity index (χ1v) is 8.01. The van der Waals surface area contributed by atoms with E-state index in [0.717, 1.165) is 37.2 Å². The Hall–Kier alpha value is -2.38. The average molecular weight is 362 g/mol. The summed E-state index contributed by atoms with van der Waals surface area (Å²) in [5.74, 6) is 1.93. The van der Waals surface area contributed by atoms with Gasteiger partial charge in [-0.1, -0.05) is 17.3 Å². The van der Waals surface area contributed by atoms with Crippen LogP contribution in [0.1, 0.15) is 18.7 Å². The van der Waals surface area contributed by atoms with Gasteiger partial charge >= 0.3 is 0 Å². The van der Waals surface area contributed by atoms with Crippen molar-refractivity contribution in [3.05, 3.63) is 48.6 Å². The van der Waals surface area contributed by atoms with Crippen LogP contribution in [-0.4, -0.2) is 40.1 Å². The molecule has 3 heterocycles. The number of halogens is 1. The molecular weight excluding hydrogens is 342 g/mol. The molecule has 3 aromatic rings.